The molecule has 176 valence electrons. The lowest BCUT2D eigenvalue weighted by Gasteiger charge is -2.37. The van der Waals surface area contributed by atoms with Crippen LogP contribution in [-0.2, 0) is 5.41 Å². The molecule has 1 fully saturated rings. The van der Waals surface area contributed by atoms with Crippen molar-refractivity contribution in [3.63, 3.8) is 0 Å². The Hall–Kier alpha value is -1.96. The number of aromatic hydroxyl groups is 2. The van der Waals surface area contributed by atoms with Crippen molar-refractivity contribution in [3.8, 4) is 22.6 Å². The van der Waals surface area contributed by atoms with E-state index in [1.807, 2.05) is 0 Å². The minimum absolute atomic E-state index is 0.0659. The second-order valence-electron chi connectivity index (χ2n) is 11.3. The minimum Gasteiger partial charge on any atom is -0.507 e. The molecule has 0 aliphatic heterocycles. The zero-order chi connectivity index (χ0) is 24.0. The van der Waals surface area contributed by atoms with Crippen LogP contribution in [0.5, 0.6) is 11.5 Å². The summed E-state index contributed by atoms with van der Waals surface area (Å²) in [7, 11) is 0. The van der Waals surface area contributed by atoms with Crippen molar-refractivity contribution in [3.05, 3.63) is 46.5 Å². The maximum absolute atomic E-state index is 11.4. The average molecular weight is 437 g/mol. The van der Waals surface area contributed by atoms with E-state index in [4.69, 9.17) is 0 Å². The fourth-order valence-corrected chi connectivity index (χ4v) is 5.30. The highest BCUT2D eigenvalue weighted by Crippen LogP contribution is 2.52. The van der Waals surface area contributed by atoms with Crippen LogP contribution in [0.3, 0.4) is 0 Å². The Balaban J connectivity index is 2.29. The zero-order valence-electron chi connectivity index (χ0n) is 21.7. The summed E-state index contributed by atoms with van der Waals surface area (Å²) in [5.74, 6) is 2.92. The lowest BCUT2D eigenvalue weighted by molar-refractivity contribution is 0.262. The molecule has 1 saturated carbocycles. The maximum Gasteiger partial charge on any atom is 0.122 e. The van der Waals surface area contributed by atoms with E-state index in [9.17, 15) is 10.2 Å². The van der Waals surface area contributed by atoms with Gasteiger partial charge in [-0.2, -0.15) is 0 Å². The summed E-state index contributed by atoms with van der Waals surface area (Å²) in [4.78, 5) is 0. The SMILES string of the molecule is CCC(C)(c1cc(-c2cc(C(C)C)c(O)c(C(C)C)c2)cc(C(C)C)c1O)C(C)C1CC1. The van der Waals surface area contributed by atoms with E-state index in [0.29, 0.717) is 17.4 Å². The van der Waals surface area contributed by atoms with Crippen molar-refractivity contribution in [1.82, 2.24) is 0 Å². The Morgan fingerprint density at radius 3 is 1.53 bits per heavy atom. The third-order valence-electron chi connectivity index (χ3n) is 8.19. The topological polar surface area (TPSA) is 40.5 Å². The molecule has 0 amide bonds. The number of phenols is 2. The third-order valence-corrected chi connectivity index (χ3v) is 8.19. The third kappa shape index (κ3) is 4.43. The molecule has 0 saturated heterocycles. The Morgan fingerprint density at radius 1 is 0.750 bits per heavy atom. The molecule has 2 aromatic rings. The average Bonchev–Trinajstić information content (AvgIpc) is 3.57. The van der Waals surface area contributed by atoms with Crippen LogP contribution < -0.4 is 0 Å². The summed E-state index contributed by atoms with van der Waals surface area (Å²) >= 11 is 0. The Labute approximate surface area is 196 Å². The van der Waals surface area contributed by atoms with Crippen LogP contribution in [-0.4, -0.2) is 10.2 Å². The van der Waals surface area contributed by atoms with Crippen LogP contribution in [0, 0.1) is 11.8 Å². The molecule has 3 rings (SSSR count). The standard InChI is InChI=1S/C30H44O2/c1-10-30(9,20(8)21-11-12-21)27-16-23(15-26(19(6)7)29(27)32)22-13-24(17(2)3)28(31)25(14-22)18(4)5/h13-21,31-32H,10-12H2,1-9H3. The number of phenolic OH excluding ortho intramolecular Hbond substituents is 2. The second-order valence-corrected chi connectivity index (χ2v) is 11.3. The monoisotopic (exact) mass is 436 g/mol. The van der Waals surface area contributed by atoms with Crippen LogP contribution in [0.1, 0.15) is 122 Å². The lowest BCUT2D eigenvalue weighted by atomic mass is 9.67. The summed E-state index contributed by atoms with van der Waals surface area (Å²) in [6.07, 6.45) is 3.62. The minimum atomic E-state index is -0.0659. The van der Waals surface area contributed by atoms with Gasteiger partial charge in [0.25, 0.3) is 0 Å². The van der Waals surface area contributed by atoms with Gasteiger partial charge in [0.1, 0.15) is 11.5 Å². The van der Waals surface area contributed by atoms with Crippen LogP contribution >= 0.6 is 0 Å². The van der Waals surface area contributed by atoms with Crippen molar-refractivity contribution in [1.29, 1.82) is 0 Å². The molecule has 2 heteroatoms. The van der Waals surface area contributed by atoms with Gasteiger partial charge in [0, 0.05) is 5.56 Å². The molecular formula is C30H44O2. The fraction of sp³-hybridized carbons (Fsp3) is 0.600. The molecule has 1 aliphatic carbocycles. The van der Waals surface area contributed by atoms with Crippen molar-refractivity contribution in [2.24, 2.45) is 11.8 Å². The van der Waals surface area contributed by atoms with Crippen molar-refractivity contribution in [2.45, 2.75) is 105 Å². The van der Waals surface area contributed by atoms with Gasteiger partial charge in [-0.05, 0) is 106 Å². The lowest BCUT2D eigenvalue weighted by Crippen LogP contribution is -2.31. The first-order chi connectivity index (χ1) is 14.9. The van der Waals surface area contributed by atoms with Crippen molar-refractivity contribution < 1.29 is 10.2 Å². The first-order valence-corrected chi connectivity index (χ1v) is 12.7. The molecule has 2 atom stereocenters. The molecule has 2 nitrogen and oxygen atoms in total. The number of benzene rings is 2. The Kier molecular flexibility index (Phi) is 7.03. The van der Waals surface area contributed by atoms with E-state index in [1.54, 1.807) is 0 Å². The fourth-order valence-electron chi connectivity index (χ4n) is 5.30. The summed E-state index contributed by atoms with van der Waals surface area (Å²) in [5.41, 5.74) is 6.32. The van der Waals surface area contributed by atoms with Gasteiger partial charge in [-0.15, -0.1) is 0 Å². The molecule has 0 bridgehead atoms. The number of hydrogen-bond acceptors (Lipinski definition) is 2. The van der Waals surface area contributed by atoms with Crippen LogP contribution in [0.15, 0.2) is 24.3 Å². The predicted molar refractivity (Wildman–Crippen MR) is 137 cm³/mol. The van der Waals surface area contributed by atoms with E-state index in [1.165, 1.54) is 12.8 Å². The molecule has 0 spiro atoms. The first kappa shape index (κ1) is 24.7. The van der Waals surface area contributed by atoms with Crippen molar-refractivity contribution >= 4 is 0 Å². The van der Waals surface area contributed by atoms with E-state index < -0.39 is 0 Å². The molecule has 2 unspecified atom stereocenters. The normalized spacial score (nSPS) is 17.2. The van der Waals surface area contributed by atoms with Gasteiger partial charge in [-0.1, -0.05) is 62.3 Å². The summed E-state index contributed by atoms with van der Waals surface area (Å²) in [6.45, 7) is 19.8. The maximum atomic E-state index is 11.4. The largest absolute Gasteiger partial charge is 0.507 e. The van der Waals surface area contributed by atoms with Gasteiger partial charge in [0.2, 0.25) is 0 Å². The van der Waals surface area contributed by atoms with Gasteiger partial charge in [-0.3, -0.25) is 0 Å². The molecule has 0 heterocycles. The molecule has 0 radical (unpaired) electrons. The smallest absolute Gasteiger partial charge is 0.122 e. The quantitative estimate of drug-likeness (QED) is 0.434. The summed E-state index contributed by atoms with van der Waals surface area (Å²) in [6, 6.07) is 8.71. The zero-order valence-corrected chi connectivity index (χ0v) is 21.7. The van der Waals surface area contributed by atoms with Gasteiger partial charge in [-0.25, -0.2) is 0 Å². The summed E-state index contributed by atoms with van der Waals surface area (Å²) in [5, 5.41) is 22.3. The summed E-state index contributed by atoms with van der Waals surface area (Å²) < 4.78 is 0. The highest BCUT2D eigenvalue weighted by Gasteiger charge is 2.42. The predicted octanol–water partition coefficient (Wildman–Crippen LogP) is 8.85. The Bertz CT molecular complexity index is 936. The van der Waals surface area contributed by atoms with E-state index >= 15 is 0 Å². The van der Waals surface area contributed by atoms with Gasteiger partial charge < -0.3 is 10.2 Å². The van der Waals surface area contributed by atoms with E-state index in [-0.39, 0.29) is 23.2 Å². The Morgan fingerprint density at radius 2 is 1.16 bits per heavy atom. The second kappa shape index (κ2) is 9.12. The van der Waals surface area contributed by atoms with E-state index in [2.05, 4.69) is 86.6 Å². The molecule has 2 aromatic carbocycles. The molecule has 1 aliphatic rings. The van der Waals surface area contributed by atoms with Gasteiger partial charge in [0.15, 0.2) is 0 Å². The number of hydrogen-bond donors (Lipinski definition) is 2. The molecule has 2 N–H and O–H groups in total. The van der Waals surface area contributed by atoms with Gasteiger partial charge >= 0.3 is 0 Å². The van der Waals surface area contributed by atoms with Crippen molar-refractivity contribution in [2.75, 3.05) is 0 Å². The van der Waals surface area contributed by atoms with Gasteiger partial charge in [0.05, 0.1) is 0 Å². The molecule has 0 aromatic heterocycles. The van der Waals surface area contributed by atoms with Crippen LogP contribution in [0.2, 0.25) is 0 Å². The number of rotatable bonds is 8. The highest BCUT2D eigenvalue weighted by molar-refractivity contribution is 5.72. The first-order valence-electron chi connectivity index (χ1n) is 12.7. The van der Waals surface area contributed by atoms with Crippen LogP contribution in [0.25, 0.3) is 11.1 Å². The highest BCUT2D eigenvalue weighted by atomic mass is 16.3. The van der Waals surface area contributed by atoms with Crippen LogP contribution in [0.4, 0.5) is 0 Å². The van der Waals surface area contributed by atoms with E-state index in [0.717, 1.165) is 45.7 Å². The molecule has 32 heavy (non-hydrogen) atoms. The molecular weight excluding hydrogens is 392 g/mol.